The number of aromatic amines is 1. The number of halogens is 2. The van der Waals surface area contributed by atoms with Gasteiger partial charge in [-0.25, -0.2) is 14.0 Å². The topological polar surface area (TPSA) is 139 Å². The van der Waals surface area contributed by atoms with Crippen LogP contribution in [0.3, 0.4) is 0 Å². The van der Waals surface area contributed by atoms with Gasteiger partial charge in [-0.2, -0.15) is 0 Å². The molecule has 0 amide bonds. The predicted octanol–water partition coefficient (Wildman–Crippen LogP) is 2.07. The van der Waals surface area contributed by atoms with Crippen LogP contribution < -0.4 is 11.2 Å². The Labute approximate surface area is 170 Å². The molecule has 1 aromatic carbocycles. The third kappa shape index (κ3) is 3.66. The number of aromatic nitrogens is 2. The van der Waals surface area contributed by atoms with Crippen molar-refractivity contribution in [3.8, 4) is 0 Å². The van der Waals surface area contributed by atoms with E-state index in [1.165, 1.54) is 12.1 Å². The molecular weight excluding hydrogens is 488 g/mol. The lowest BCUT2D eigenvalue weighted by atomic mass is 10.1. The molecule has 1 aliphatic rings. The Morgan fingerprint density at radius 1 is 1.39 bits per heavy atom. The molecule has 0 bridgehead atoms. The van der Waals surface area contributed by atoms with Crippen molar-refractivity contribution in [2.24, 2.45) is 5.11 Å². The van der Waals surface area contributed by atoms with Gasteiger partial charge in [0.2, 0.25) is 0 Å². The maximum Gasteiger partial charge on any atom is 0.338 e. The van der Waals surface area contributed by atoms with Gasteiger partial charge in [-0.3, -0.25) is 14.3 Å². The van der Waals surface area contributed by atoms with E-state index in [1.807, 2.05) is 4.98 Å². The van der Waals surface area contributed by atoms with Crippen molar-refractivity contribution in [1.29, 1.82) is 0 Å². The molecule has 4 atom stereocenters. The monoisotopic (exact) mass is 501 g/mol. The molecule has 2 aromatic rings. The van der Waals surface area contributed by atoms with Crippen LogP contribution >= 0.6 is 22.6 Å². The Bertz CT molecular complexity index is 1040. The van der Waals surface area contributed by atoms with Crippen LogP contribution in [0.4, 0.5) is 4.39 Å². The Balaban J connectivity index is 2.03. The van der Waals surface area contributed by atoms with Crippen LogP contribution in [0.2, 0.25) is 0 Å². The number of carbonyl (C=O) groups is 1. The summed E-state index contributed by atoms with van der Waals surface area (Å²) in [5.41, 5.74) is 5.44. The fraction of sp³-hybridized carbons (Fsp3) is 0.312. The first-order valence-electron chi connectivity index (χ1n) is 7.93. The fourth-order valence-electron chi connectivity index (χ4n) is 2.76. The fourth-order valence-corrected chi connectivity index (χ4v) is 3.51. The molecule has 3 rings (SSSR count). The second-order valence-corrected chi connectivity index (χ2v) is 6.59. The maximum absolute atomic E-state index is 15.3. The number of H-pyrrole nitrogens is 1. The van der Waals surface area contributed by atoms with Gasteiger partial charge in [0.15, 0.2) is 24.2 Å². The van der Waals surface area contributed by atoms with Crippen molar-refractivity contribution in [1.82, 2.24) is 9.55 Å². The second kappa shape index (κ2) is 8.12. The number of esters is 1. The number of carbonyl (C=O) groups excluding carboxylic acids is 1. The van der Waals surface area contributed by atoms with Crippen LogP contribution in [0.1, 0.15) is 16.6 Å². The largest absolute Gasteiger partial charge is 0.451 e. The zero-order chi connectivity index (χ0) is 20.3. The molecule has 4 unspecified atom stereocenters. The predicted molar refractivity (Wildman–Crippen MR) is 103 cm³/mol. The summed E-state index contributed by atoms with van der Waals surface area (Å²) in [5, 5.41) is 3.41. The lowest BCUT2D eigenvalue weighted by molar-refractivity contribution is -0.0823. The van der Waals surface area contributed by atoms with Crippen LogP contribution in [0.25, 0.3) is 10.4 Å². The summed E-state index contributed by atoms with van der Waals surface area (Å²) >= 11 is 1.76. The number of azide groups is 1. The van der Waals surface area contributed by atoms with E-state index in [0.29, 0.717) is 0 Å². The van der Waals surface area contributed by atoms with Crippen LogP contribution in [0, 0.1) is 0 Å². The Morgan fingerprint density at radius 2 is 2.11 bits per heavy atom. The molecule has 28 heavy (non-hydrogen) atoms. The smallest absolute Gasteiger partial charge is 0.338 e. The highest BCUT2D eigenvalue weighted by molar-refractivity contribution is 14.1. The number of nitrogens with one attached hydrogen (secondary N) is 1. The molecular formula is C16H13FIN5O5. The van der Waals surface area contributed by atoms with Gasteiger partial charge in [-0.05, 0) is 17.7 Å². The first-order chi connectivity index (χ1) is 13.4. The quantitative estimate of drug-likeness (QED) is 0.167. The summed E-state index contributed by atoms with van der Waals surface area (Å²) < 4.78 is 26.9. The lowest BCUT2D eigenvalue weighted by Gasteiger charge is -2.22. The molecule has 0 radical (unpaired) electrons. The van der Waals surface area contributed by atoms with E-state index in [2.05, 4.69) is 10.0 Å². The van der Waals surface area contributed by atoms with E-state index >= 15 is 4.39 Å². The molecule has 1 aromatic heterocycles. The van der Waals surface area contributed by atoms with Crippen molar-refractivity contribution in [3.05, 3.63) is 79.4 Å². The summed E-state index contributed by atoms with van der Waals surface area (Å²) in [5.74, 6) is -0.843. The first kappa shape index (κ1) is 20.0. The molecule has 1 N–H and O–H groups in total. The molecule has 0 spiro atoms. The van der Waals surface area contributed by atoms with E-state index < -0.39 is 41.4 Å². The maximum atomic E-state index is 15.3. The highest BCUT2D eigenvalue weighted by atomic mass is 127. The zero-order valence-corrected chi connectivity index (χ0v) is 16.2. The molecule has 12 heteroatoms. The minimum Gasteiger partial charge on any atom is -0.451 e. The Hall–Kier alpha value is -2.70. The van der Waals surface area contributed by atoms with E-state index in [0.717, 1.165) is 16.8 Å². The molecule has 0 aliphatic carbocycles. The van der Waals surface area contributed by atoms with Crippen molar-refractivity contribution in [3.63, 3.8) is 0 Å². The van der Waals surface area contributed by atoms with Gasteiger partial charge in [-0.1, -0.05) is 45.9 Å². The van der Waals surface area contributed by atoms with E-state index in [9.17, 15) is 14.4 Å². The van der Waals surface area contributed by atoms with Gasteiger partial charge < -0.3 is 9.47 Å². The van der Waals surface area contributed by atoms with Crippen LogP contribution in [0.5, 0.6) is 0 Å². The standard InChI is InChI=1S/C16H13FIN5O5/c17-12-11(27-14(25)9-4-2-1-3-5-9)13(28-16(12,8-18)21-22-19)23-7-6-10(24)20-15(23)26/h1-7,11-13H,8H2,(H,20,24,26). The molecule has 1 fully saturated rings. The van der Waals surface area contributed by atoms with Crippen LogP contribution in [0.15, 0.2) is 57.3 Å². The van der Waals surface area contributed by atoms with Crippen LogP contribution in [-0.4, -0.2) is 37.9 Å². The Kier molecular flexibility index (Phi) is 5.82. The third-order valence-electron chi connectivity index (χ3n) is 4.11. The van der Waals surface area contributed by atoms with Crippen molar-refractivity contribution < 1.29 is 18.7 Å². The Morgan fingerprint density at radius 3 is 2.71 bits per heavy atom. The first-order valence-corrected chi connectivity index (χ1v) is 9.46. The molecule has 1 saturated heterocycles. The number of hydrogen-bond acceptors (Lipinski definition) is 6. The summed E-state index contributed by atoms with van der Waals surface area (Å²) in [6.07, 6.45) is -4.03. The summed E-state index contributed by atoms with van der Waals surface area (Å²) in [6, 6.07) is 8.89. The van der Waals surface area contributed by atoms with Gasteiger partial charge in [-0.15, -0.1) is 0 Å². The number of nitrogens with zero attached hydrogens (tertiary/aromatic N) is 4. The third-order valence-corrected chi connectivity index (χ3v) is 5.20. The summed E-state index contributed by atoms with van der Waals surface area (Å²) in [7, 11) is 0. The van der Waals surface area contributed by atoms with Crippen molar-refractivity contribution in [2.45, 2.75) is 24.2 Å². The zero-order valence-electron chi connectivity index (χ0n) is 14.1. The number of hydrogen-bond donors (Lipinski definition) is 1. The highest BCUT2D eigenvalue weighted by Crippen LogP contribution is 2.42. The minimum atomic E-state index is -2.06. The van der Waals surface area contributed by atoms with E-state index in [-0.39, 0.29) is 9.99 Å². The number of benzene rings is 1. The molecule has 2 heterocycles. The highest BCUT2D eigenvalue weighted by Gasteiger charge is 2.58. The second-order valence-electron chi connectivity index (χ2n) is 5.83. The number of ether oxygens (including phenoxy) is 2. The lowest BCUT2D eigenvalue weighted by Crippen LogP contribution is -2.41. The van der Waals surface area contributed by atoms with Crippen LogP contribution in [-0.2, 0) is 9.47 Å². The summed E-state index contributed by atoms with van der Waals surface area (Å²) in [6.45, 7) is 0. The average Bonchev–Trinajstić information content (AvgIpc) is 2.95. The summed E-state index contributed by atoms with van der Waals surface area (Å²) in [4.78, 5) is 40.5. The van der Waals surface area contributed by atoms with Gasteiger partial charge in [0, 0.05) is 21.6 Å². The molecule has 0 saturated carbocycles. The average molecular weight is 501 g/mol. The number of alkyl halides is 2. The van der Waals surface area contributed by atoms with Gasteiger partial charge >= 0.3 is 11.7 Å². The molecule has 146 valence electrons. The van der Waals surface area contributed by atoms with E-state index in [1.54, 1.807) is 40.8 Å². The number of rotatable bonds is 5. The molecule has 10 nitrogen and oxygen atoms in total. The van der Waals surface area contributed by atoms with E-state index in [4.69, 9.17) is 15.0 Å². The van der Waals surface area contributed by atoms with Gasteiger partial charge in [0.1, 0.15) is 0 Å². The van der Waals surface area contributed by atoms with Gasteiger partial charge in [0.05, 0.1) is 5.56 Å². The SMILES string of the molecule is [N-]=[N+]=NC1(CI)OC(n2ccc(=O)[nH]c2=O)C(OC(=O)c2ccccc2)C1F. The normalized spacial score (nSPS) is 26.4. The minimum absolute atomic E-state index is 0.107. The van der Waals surface area contributed by atoms with Crippen molar-refractivity contribution in [2.75, 3.05) is 4.43 Å². The van der Waals surface area contributed by atoms with Crippen molar-refractivity contribution >= 4 is 28.6 Å². The molecule has 1 aliphatic heterocycles. The van der Waals surface area contributed by atoms with Gasteiger partial charge in [0.25, 0.3) is 5.56 Å².